The van der Waals surface area contributed by atoms with Crippen molar-refractivity contribution in [1.82, 2.24) is 5.48 Å². The number of benzene rings is 2. The van der Waals surface area contributed by atoms with Crippen LogP contribution in [0.4, 0.5) is 0 Å². The minimum absolute atomic E-state index is 0.00794. The molecular weight excluding hydrogens is 350 g/mol. The van der Waals surface area contributed by atoms with Gasteiger partial charge >= 0.3 is 5.97 Å². The third kappa shape index (κ3) is 7.55. The topological polar surface area (TPSA) is 97.3 Å². The number of hydrogen-bond donors (Lipinski definition) is 3. The van der Waals surface area contributed by atoms with Crippen molar-refractivity contribution in [2.75, 3.05) is 13.2 Å². The third-order valence-electron chi connectivity index (χ3n) is 3.61. The summed E-state index contributed by atoms with van der Waals surface area (Å²) in [5, 5.41) is 19.1. The number of rotatable bonds is 11. The summed E-state index contributed by atoms with van der Waals surface area (Å²) in [6, 6.07) is 15.2. The highest BCUT2D eigenvalue weighted by Crippen LogP contribution is 2.16. The smallest absolute Gasteiger partial charge is 0.365 e. The molecule has 0 fully saturated rings. The molecule has 2 unspecified atom stereocenters. The van der Waals surface area contributed by atoms with E-state index in [9.17, 15) is 15.0 Å². The molecule has 7 nitrogen and oxygen atoms in total. The van der Waals surface area contributed by atoms with Crippen LogP contribution in [-0.2, 0) is 9.63 Å². The molecule has 7 heteroatoms. The highest BCUT2D eigenvalue weighted by Gasteiger charge is 2.22. The largest absolute Gasteiger partial charge is 0.508 e. The maximum atomic E-state index is 12.2. The first-order valence-corrected chi connectivity index (χ1v) is 8.83. The SMILES string of the molecule is CCCC(Oc1ccccc1)C(=O)ONCC(O)COc1ccc(O)cc1. The normalized spacial score (nSPS) is 12.8. The van der Waals surface area contributed by atoms with E-state index < -0.39 is 18.2 Å². The molecule has 0 heterocycles. The van der Waals surface area contributed by atoms with E-state index in [1.54, 1.807) is 24.3 Å². The summed E-state index contributed by atoms with van der Waals surface area (Å²) in [7, 11) is 0. The van der Waals surface area contributed by atoms with Crippen molar-refractivity contribution >= 4 is 5.97 Å². The van der Waals surface area contributed by atoms with Gasteiger partial charge in [0.2, 0.25) is 0 Å². The number of aliphatic hydroxyl groups is 1. The summed E-state index contributed by atoms with van der Waals surface area (Å²) in [5.74, 6) is 0.696. The lowest BCUT2D eigenvalue weighted by molar-refractivity contribution is -0.161. The summed E-state index contributed by atoms with van der Waals surface area (Å²) in [6.45, 7) is 1.97. The zero-order valence-electron chi connectivity index (χ0n) is 15.2. The monoisotopic (exact) mass is 375 g/mol. The van der Waals surface area contributed by atoms with Gasteiger partial charge < -0.3 is 24.5 Å². The van der Waals surface area contributed by atoms with Gasteiger partial charge in [-0.2, -0.15) is 5.48 Å². The Kier molecular flexibility index (Phi) is 8.41. The van der Waals surface area contributed by atoms with Gasteiger partial charge in [0.05, 0.1) is 6.54 Å². The lowest BCUT2D eigenvalue weighted by atomic mass is 10.2. The lowest BCUT2D eigenvalue weighted by Gasteiger charge is -2.18. The van der Waals surface area contributed by atoms with E-state index in [1.807, 2.05) is 25.1 Å². The Hall–Kier alpha value is -2.77. The molecule has 0 radical (unpaired) electrons. The number of phenols is 1. The highest BCUT2D eigenvalue weighted by molar-refractivity contribution is 5.74. The van der Waals surface area contributed by atoms with Crippen LogP contribution in [0.1, 0.15) is 19.8 Å². The van der Waals surface area contributed by atoms with Crippen molar-refractivity contribution in [2.24, 2.45) is 0 Å². The van der Waals surface area contributed by atoms with Crippen molar-refractivity contribution in [3.63, 3.8) is 0 Å². The molecule has 0 spiro atoms. The van der Waals surface area contributed by atoms with E-state index in [-0.39, 0.29) is 18.9 Å². The Labute approximate surface area is 158 Å². The number of aliphatic hydroxyl groups excluding tert-OH is 1. The number of para-hydroxylation sites is 1. The minimum Gasteiger partial charge on any atom is -0.508 e. The number of hydrogen-bond acceptors (Lipinski definition) is 7. The van der Waals surface area contributed by atoms with E-state index in [0.717, 1.165) is 6.42 Å². The second-order valence-corrected chi connectivity index (χ2v) is 5.94. The molecule has 0 aromatic heterocycles. The molecule has 27 heavy (non-hydrogen) atoms. The van der Waals surface area contributed by atoms with Gasteiger partial charge in [0.1, 0.15) is 30.0 Å². The van der Waals surface area contributed by atoms with Gasteiger partial charge in [0.15, 0.2) is 6.10 Å². The quantitative estimate of drug-likeness (QED) is 0.519. The van der Waals surface area contributed by atoms with Gasteiger partial charge in [0, 0.05) is 0 Å². The first kappa shape index (κ1) is 20.5. The van der Waals surface area contributed by atoms with E-state index in [1.165, 1.54) is 12.1 Å². The van der Waals surface area contributed by atoms with Crippen molar-refractivity contribution in [1.29, 1.82) is 0 Å². The van der Waals surface area contributed by atoms with Crippen LogP contribution in [0, 0.1) is 0 Å². The summed E-state index contributed by atoms with van der Waals surface area (Å²) in [6.07, 6.45) is -0.334. The molecule has 3 N–H and O–H groups in total. The van der Waals surface area contributed by atoms with Gasteiger partial charge in [-0.15, -0.1) is 0 Å². The number of ether oxygens (including phenoxy) is 2. The molecule has 0 bridgehead atoms. The lowest BCUT2D eigenvalue weighted by Crippen LogP contribution is -2.38. The van der Waals surface area contributed by atoms with Gasteiger partial charge in [0.25, 0.3) is 0 Å². The van der Waals surface area contributed by atoms with Crippen molar-refractivity contribution < 1.29 is 29.3 Å². The number of hydroxylamine groups is 1. The van der Waals surface area contributed by atoms with Crippen LogP contribution in [0.3, 0.4) is 0 Å². The zero-order chi connectivity index (χ0) is 19.5. The Morgan fingerprint density at radius 3 is 2.44 bits per heavy atom. The fraction of sp³-hybridized carbons (Fsp3) is 0.350. The second kappa shape index (κ2) is 11.1. The molecule has 0 aliphatic carbocycles. The van der Waals surface area contributed by atoms with Crippen LogP contribution >= 0.6 is 0 Å². The van der Waals surface area contributed by atoms with Crippen molar-refractivity contribution in [3.05, 3.63) is 54.6 Å². The second-order valence-electron chi connectivity index (χ2n) is 5.94. The van der Waals surface area contributed by atoms with E-state index >= 15 is 0 Å². The van der Waals surface area contributed by atoms with Crippen molar-refractivity contribution in [2.45, 2.75) is 32.0 Å². The maximum absolute atomic E-state index is 12.2. The van der Waals surface area contributed by atoms with Crippen LogP contribution in [0.15, 0.2) is 54.6 Å². The molecule has 2 rings (SSSR count). The standard InChI is InChI=1S/C20H25NO6/c1-2-6-19(26-18-7-4-3-5-8-18)20(24)27-21-13-16(23)14-25-17-11-9-15(22)10-12-17/h3-5,7-12,16,19,21-23H,2,6,13-14H2,1H3. The minimum atomic E-state index is -0.883. The number of carbonyl (C=O) groups excluding carboxylic acids is 1. The van der Waals surface area contributed by atoms with Crippen LogP contribution in [0.5, 0.6) is 17.2 Å². The van der Waals surface area contributed by atoms with E-state index in [4.69, 9.17) is 14.3 Å². The molecule has 2 aromatic rings. The Morgan fingerprint density at radius 1 is 1.07 bits per heavy atom. The highest BCUT2D eigenvalue weighted by atomic mass is 16.7. The molecule has 0 aliphatic heterocycles. The van der Waals surface area contributed by atoms with Crippen molar-refractivity contribution in [3.8, 4) is 17.2 Å². The predicted molar refractivity (Wildman–Crippen MR) is 99.5 cm³/mol. The molecule has 2 aromatic carbocycles. The van der Waals surface area contributed by atoms with Crippen LogP contribution in [0.2, 0.25) is 0 Å². The fourth-order valence-corrected chi connectivity index (χ4v) is 2.22. The number of carbonyl (C=O) groups is 1. The molecule has 146 valence electrons. The van der Waals surface area contributed by atoms with Gasteiger partial charge in [-0.1, -0.05) is 31.5 Å². The fourth-order valence-electron chi connectivity index (χ4n) is 2.22. The molecule has 0 amide bonds. The number of phenolic OH excluding ortho intramolecular Hbond substituents is 1. The van der Waals surface area contributed by atoms with Crippen LogP contribution in [-0.4, -0.2) is 41.5 Å². The average molecular weight is 375 g/mol. The Balaban J connectivity index is 1.71. The predicted octanol–water partition coefficient (Wildman–Crippen LogP) is 2.43. The summed E-state index contributed by atoms with van der Waals surface area (Å²) in [4.78, 5) is 17.2. The molecule has 0 saturated heterocycles. The zero-order valence-corrected chi connectivity index (χ0v) is 15.2. The van der Waals surface area contributed by atoms with Gasteiger partial charge in [-0.25, -0.2) is 4.79 Å². The molecule has 0 aliphatic rings. The molecule has 0 saturated carbocycles. The van der Waals surface area contributed by atoms with Gasteiger partial charge in [-0.05, 0) is 42.8 Å². The van der Waals surface area contributed by atoms with Crippen LogP contribution < -0.4 is 15.0 Å². The Bertz CT molecular complexity index is 677. The summed E-state index contributed by atoms with van der Waals surface area (Å²) < 4.78 is 11.0. The van der Waals surface area contributed by atoms with E-state index in [0.29, 0.717) is 17.9 Å². The van der Waals surface area contributed by atoms with Gasteiger partial charge in [-0.3, -0.25) is 0 Å². The number of nitrogens with one attached hydrogen (secondary N) is 1. The first-order chi connectivity index (χ1) is 13.1. The maximum Gasteiger partial charge on any atom is 0.365 e. The molecule has 2 atom stereocenters. The van der Waals surface area contributed by atoms with E-state index in [2.05, 4.69) is 5.48 Å². The third-order valence-corrected chi connectivity index (χ3v) is 3.61. The summed E-state index contributed by atoms with van der Waals surface area (Å²) in [5.41, 5.74) is 2.46. The Morgan fingerprint density at radius 2 is 1.78 bits per heavy atom. The summed E-state index contributed by atoms with van der Waals surface area (Å²) >= 11 is 0. The molecular formula is C20H25NO6. The first-order valence-electron chi connectivity index (χ1n) is 8.83. The average Bonchev–Trinajstić information content (AvgIpc) is 2.68. The number of aromatic hydroxyl groups is 1. The van der Waals surface area contributed by atoms with Crippen LogP contribution in [0.25, 0.3) is 0 Å².